The number of nitrogen functional groups attached to an aromatic ring is 1. The molecular formula is C24H20N4O2. The molecule has 0 amide bonds. The van der Waals surface area contributed by atoms with Crippen LogP contribution in [-0.2, 0) is 0 Å². The molecule has 6 heteroatoms. The average molecular weight is 396 g/mol. The van der Waals surface area contributed by atoms with Gasteiger partial charge in [0.15, 0.2) is 0 Å². The van der Waals surface area contributed by atoms with Crippen LogP contribution in [0.5, 0.6) is 0 Å². The Hall–Kier alpha value is -4.32. The van der Waals surface area contributed by atoms with E-state index in [1.54, 1.807) is 18.2 Å². The van der Waals surface area contributed by atoms with Crippen LogP contribution >= 0.6 is 0 Å². The number of anilines is 5. The minimum Gasteiger partial charge on any atom is -0.397 e. The molecule has 0 spiro atoms. The molecule has 4 rings (SSSR count). The molecule has 148 valence electrons. The van der Waals surface area contributed by atoms with E-state index in [-0.39, 0.29) is 5.69 Å². The van der Waals surface area contributed by atoms with E-state index in [4.69, 9.17) is 5.73 Å². The van der Waals surface area contributed by atoms with Crippen LogP contribution in [0.3, 0.4) is 0 Å². The van der Waals surface area contributed by atoms with E-state index in [1.807, 2.05) is 72.8 Å². The summed E-state index contributed by atoms with van der Waals surface area (Å²) in [7, 11) is 0. The minimum absolute atomic E-state index is 0.0451. The number of nitrogens with zero attached hydrogens (tertiary/aromatic N) is 1. The zero-order valence-electron chi connectivity index (χ0n) is 16.1. The molecular weight excluding hydrogens is 376 g/mol. The largest absolute Gasteiger partial charge is 0.397 e. The lowest BCUT2D eigenvalue weighted by atomic mass is 10.0. The van der Waals surface area contributed by atoms with Crippen LogP contribution in [0.1, 0.15) is 0 Å². The molecule has 0 aromatic heterocycles. The topological polar surface area (TPSA) is 93.2 Å². The molecule has 0 atom stereocenters. The summed E-state index contributed by atoms with van der Waals surface area (Å²) in [5.41, 5.74) is 11.9. The Balaban J connectivity index is 1.48. The van der Waals surface area contributed by atoms with Crippen molar-refractivity contribution in [3.8, 4) is 11.1 Å². The van der Waals surface area contributed by atoms with Crippen LogP contribution in [0.2, 0.25) is 0 Å². The van der Waals surface area contributed by atoms with Gasteiger partial charge in [-0.15, -0.1) is 0 Å². The number of nitro groups is 1. The Morgan fingerprint density at radius 1 is 0.633 bits per heavy atom. The second kappa shape index (κ2) is 8.36. The zero-order chi connectivity index (χ0) is 20.9. The fraction of sp³-hybridized carbons (Fsp3) is 0. The standard InChI is InChI=1S/C24H20N4O2/c25-21-5-1-2-6-22(21)26-19-13-9-17(10-14-19)18-11-15-20(16-12-18)27-23-7-3-4-8-24(23)28(29)30/h1-16,26-27H,25H2. The summed E-state index contributed by atoms with van der Waals surface area (Å²) in [5, 5.41) is 17.6. The quantitative estimate of drug-likeness (QED) is 0.201. The number of hydrogen-bond acceptors (Lipinski definition) is 5. The highest BCUT2D eigenvalue weighted by molar-refractivity contribution is 5.75. The van der Waals surface area contributed by atoms with Crippen molar-refractivity contribution in [2.24, 2.45) is 0 Å². The van der Waals surface area contributed by atoms with E-state index >= 15 is 0 Å². The Kier molecular flexibility index (Phi) is 5.30. The summed E-state index contributed by atoms with van der Waals surface area (Å²) in [4.78, 5) is 10.8. The maximum Gasteiger partial charge on any atom is 0.292 e. The summed E-state index contributed by atoms with van der Waals surface area (Å²) in [6.07, 6.45) is 0. The van der Waals surface area contributed by atoms with Gasteiger partial charge in [0.2, 0.25) is 0 Å². The van der Waals surface area contributed by atoms with Crippen LogP contribution in [0.4, 0.5) is 34.1 Å². The van der Waals surface area contributed by atoms with E-state index in [1.165, 1.54) is 6.07 Å². The van der Waals surface area contributed by atoms with E-state index < -0.39 is 4.92 Å². The summed E-state index contributed by atoms with van der Waals surface area (Å²) in [5.74, 6) is 0. The minimum atomic E-state index is -0.393. The highest BCUT2D eigenvalue weighted by atomic mass is 16.6. The Morgan fingerprint density at radius 2 is 1.10 bits per heavy atom. The predicted molar refractivity (Wildman–Crippen MR) is 122 cm³/mol. The van der Waals surface area contributed by atoms with Crippen molar-refractivity contribution in [1.29, 1.82) is 0 Å². The van der Waals surface area contributed by atoms with Crippen molar-refractivity contribution >= 4 is 34.1 Å². The van der Waals surface area contributed by atoms with Gasteiger partial charge in [-0.3, -0.25) is 10.1 Å². The highest BCUT2D eigenvalue weighted by Gasteiger charge is 2.12. The molecule has 30 heavy (non-hydrogen) atoms. The molecule has 0 bridgehead atoms. The van der Waals surface area contributed by atoms with Gasteiger partial charge in [-0.05, 0) is 53.6 Å². The molecule has 6 nitrogen and oxygen atoms in total. The molecule has 0 saturated heterocycles. The first-order valence-corrected chi connectivity index (χ1v) is 9.42. The van der Waals surface area contributed by atoms with Crippen LogP contribution in [-0.4, -0.2) is 4.92 Å². The van der Waals surface area contributed by atoms with Crippen LogP contribution in [0.15, 0.2) is 97.1 Å². The molecule has 0 aliphatic heterocycles. The summed E-state index contributed by atoms with van der Waals surface area (Å²) >= 11 is 0. The zero-order valence-corrected chi connectivity index (χ0v) is 16.1. The molecule has 0 heterocycles. The van der Waals surface area contributed by atoms with Crippen LogP contribution < -0.4 is 16.4 Å². The SMILES string of the molecule is Nc1ccccc1Nc1ccc(-c2ccc(Nc3ccccc3[N+](=O)[O-])cc2)cc1. The summed E-state index contributed by atoms with van der Waals surface area (Å²) < 4.78 is 0. The van der Waals surface area contributed by atoms with Gasteiger partial charge < -0.3 is 16.4 Å². The fourth-order valence-electron chi connectivity index (χ4n) is 3.15. The van der Waals surface area contributed by atoms with E-state index in [0.717, 1.165) is 28.2 Å². The molecule has 4 aromatic carbocycles. The van der Waals surface area contributed by atoms with Gasteiger partial charge in [-0.1, -0.05) is 48.5 Å². The second-order valence-corrected chi connectivity index (χ2v) is 6.77. The van der Waals surface area contributed by atoms with E-state index in [9.17, 15) is 10.1 Å². The highest BCUT2D eigenvalue weighted by Crippen LogP contribution is 2.29. The Bertz CT molecular complexity index is 1170. The van der Waals surface area contributed by atoms with Crippen molar-refractivity contribution in [1.82, 2.24) is 0 Å². The van der Waals surface area contributed by atoms with Gasteiger partial charge in [-0.25, -0.2) is 0 Å². The van der Waals surface area contributed by atoms with Gasteiger partial charge >= 0.3 is 0 Å². The first kappa shape index (κ1) is 19.0. The number of nitro benzene ring substituents is 1. The summed E-state index contributed by atoms with van der Waals surface area (Å²) in [6, 6.07) is 30.1. The average Bonchev–Trinajstić information content (AvgIpc) is 2.77. The molecule has 0 saturated carbocycles. The maximum absolute atomic E-state index is 11.2. The summed E-state index contributed by atoms with van der Waals surface area (Å²) in [6.45, 7) is 0. The smallest absolute Gasteiger partial charge is 0.292 e. The first-order valence-electron chi connectivity index (χ1n) is 9.42. The Morgan fingerprint density at radius 3 is 1.63 bits per heavy atom. The number of benzene rings is 4. The molecule has 4 aromatic rings. The van der Waals surface area contributed by atoms with Crippen molar-refractivity contribution in [2.75, 3.05) is 16.4 Å². The number of hydrogen-bond donors (Lipinski definition) is 3. The third-order valence-electron chi connectivity index (χ3n) is 4.72. The molecule has 0 fully saturated rings. The van der Waals surface area contributed by atoms with Gasteiger partial charge in [0.05, 0.1) is 16.3 Å². The van der Waals surface area contributed by atoms with Crippen molar-refractivity contribution < 1.29 is 4.92 Å². The lowest BCUT2D eigenvalue weighted by molar-refractivity contribution is -0.383. The third kappa shape index (κ3) is 4.23. The van der Waals surface area contributed by atoms with Gasteiger partial charge in [0, 0.05) is 17.4 Å². The molecule has 0 aliphatic rings. The van der Waals surface area contributed by atoms with Gasteiger partial charge in [0.25, 0.3) is 5.69 Å². The van der Waals surface area contributed by atoms with E-state index in [2.05, 4.69) is 10.6 Å². The number of rotatable bonds is 6. The normalized spacial score (nSPS) is 10.4. The van der Waals surface area contributed by atoms with Crippen molar-refractivity contribution in [3.05, 3.63) is 107 Å². The third-order valence-corrected chi connectivity index (χ3v) is 4.72. The van der Waals surface area contributed by atoms with Crippen LogP contribution in [0, 0.1) is 10.1 Å². The second-order valence-electron chi connectivity index (χ2n) is 6.77. The van der Waals surface area contributed by atoms with Gasteiger partial charge in [-0.2, -0.15) is 0 Å². The number of nitrogens with two attached hydrogens (primary N) is 1. The first-order chi connectivity index (χ1) is 14.6. The number of nitrogens with one attached hydrogen (secondary N) is 2. The monoisotopic (exact) mass is 396 g/mol. The lowest BCUT2D eigenvalue weighted by Crippen LogP contribution is -1.96. The predicted octanol–water partition coefficient (Wildman–Crippen LogP) is 6.33. The molecule has 0 aliphatic carbocycles. The van der Waals surface area contributed by atoms with Crippen LogP contribution in [0.25, 0.3) is 11.1 Å². The van der Waals surface area contributed by atoms with Gasteiger partial charge in [0.1, 0.15) is 5.69 Å². The fourth-order valence-corrected chi connectivity index (χ4v) is 3.15. The Labute approximate surface area is 174 Å². The van der Waals surface area contributed by atoms with Crippen molar-refractivity contribution in [2.45, 2.75) is 0 Å². The molecule has 0 unspecified atom stereocenters. The lowest BCUT2D eigenvalue weighted by Gasteiger charge is -2.11. The number of para-hydroxylation sites is 4. The van der Waals surface area contributed by atoms with Crippen molar-refractivity contribution in [3.63, 3.8) is 0 Å². The maximum atomic E-state index is 11.2. The molecule has 4 N–H and O–H groups in total. The van der Waals surface area contributed by atoms with E-state index in [0.29, 0.717) is 11.4 Å². The molecule has 0 radical (unpaired) electrons.